The Bertz CT molecular complexity index is 522. The summed E-state index contributed by atoms with van der Waals surface area (Å²) < 4.78 is 63.5. The Labute approximate surface area is 116 Å². The largest absolute Gasteiger partial charge is 0.409 e. The van der Waals surface area contributed by atoms with Crippen molar-refractivity contribution in [2.75, 3.05) is 6.61 Å². The van der Waals surface area contributed by atoms with Crippen LogP contribution in [0.3, 0.4) is 0 Å². The van der Waals surface area contributed by atoms with Gasteiger partial charge in [0.15, 0.2) is 0 Å². The van der Waals surface area contributed by atoms with Crippen molar-refractivity contribution in [3.8, 4) is 0 Å². The van der Waals surface area contributed by atoms with Crippen LogP contribution < -0.4 is 0 Å². The molecule has 0 radical (unpaired) electrons. The molecular weight excluding hydrogens is 293 g/mol. The molecule has 0 saturated heterocycles. The summed E-state index contributed by atoms with van der Waals surface area (Å²) in [5.74, 6) is 0. The lowest BCUT2D eigenvalue weighted by atomic mass is 10.2. The summed E-state index contributed by atoms with van der Waals surface area (Å²) in [5.41, 5.74) is 0. The van der Waals surface area contributed by atoms with Gasteiger partial charge in [0.2, 0.25) is 0 Å². The number of hydrogen-bond donors (Lipinski definition) is 0. The van der Waals surface area contributed by atoms with Crippen molar-refractivity contribution in [1.82, 2.24) is 0 Å². The summed E-state index contributed by atoms with van der Waals surface area (Å²) in [6.07, 6.45) is -2.08. The van der Waals surface area contributed by atoms with Gasteiger partial charge in [0.25, 0.3) is 10.1 Å². The molecule has 0 fully saturated rings. The van der Waals surface area contributed by atoms with Crippen LogP contribution in [0.5, 0.6) is 0 Å². The molecule has 0 amide bonds. The quantitative estimate of drug-likeness (QED) is 0.438. The molecule has 7 heteroatoms. The minimum absolute atomic E-state index is 0.0446. The summed E-state index contributed by atoms with van der Waals surface area (Å²) in [6.45, 7) is -0.0446. The number of halogens is 3. The molecule has 20 heavy (non-hydrogen) atoms. The Morgan fingerprint density at radius 3 is 2.35 bits per heavy atom. The molecule has 1 rings (SSSR count). The molecule has 0 unspecified atom stereocenters. The summed E-state index contributed by atoms with van der Waals surface area (Å²) in [6, 6.07) is 7.69. The average Bonchev–Trinajstić information content (AvgIpc) is 2.37. The van der Waals surface area contributed by atoms with E-state index in [1.54, 1.807) is 18.2 Å². The van der Waals surface area contributed by atoms with Gasteiger partial charge >= 0.3 is 6.18 Å². The third-order valence-electron chi connectivity index (χ3n) is 2.34. The van der Waals surface area contributed by atoms with E-state index in [-0.39, 0.29) is 24.0 Å². The molecule has 3 nitrogen and oxygen atoms in total. The van der Waals surface area contributed by atoms with E-state index in [9.17, 15) is 21.6 Å². The van der Waals surface area contributed by atoms with Crippen LogP contribution in [0, 0.1) is 0 Å². The Balaban J connectivity index is 2.27. The molecule has 0 aliphatic heterocycles. The molecule has 0 N–H and O–H groups in total. The fraction of sp³-hybridized carbons (Fsp3) is 0.385. The lowest BCUT2D eigenvalue weighted by Gasteiger charge is -2.04. The van der Waals surface area contributed by atoms with Crippen molar-refractivity contribution in [3.63, 3.8) is 0 Å². The predicted octanol–water partition coefficient (Wildman–Crippen LogP) is 3.68. The summed E-state index contributed by atoms with van der Waals surface area (Å²) in [5, 5.41) is 0. The first-order valence-electron chi connectivity index (χ1n) is 6.00. The van der Waals surface area contributed by atoms with E-state index in [0.29, 0.717) is 12.8 Å². The normalized spacial score (nSPS) is 12.9. The van der Waals surface area contributed by atoms with E-state index >= 15 is 0 Å². The first-order valence-corrected chi connectivity index (χ1v) is 7.41. The molecule has 1 aromatic rings. The fourth-order valence-electron chi connectivity index (χ4n) is 1.41. The van der Waals surface area contributed by atoms with Crippen LogP contribution in [0.15, 0.2) is 47.4 Å². The second-order valence-corrected chi connectivity index (χ2v) is 5.64. The zero-order valence-corrected chi connectivity index (χ0v) is 11.5. The second-order valence-electron chi connectivity index (χ2n) is 4.03. The van der Waals surface area contributed by atoms with Crippen molar-refractivity contribution in [2.24, 2.45) is 0 Å². The minimum atomic E-state index is -4.30. The van der Waals surface area contributed by atoms with Crippen molar-refractivity contribution < 1.29 is 25.8 Å². The summed E-state index contributed by atoms with van der Waals surface area (Å²) in [4.78, 5) is 0.0666. The monoisotopic (exact) mass is 308 g/mol. The molecule has 0 atom stereocenters. The zero-order valence-electron chi connectivity index (χ0n) is 10.6. The van der Waals surface area contributed by atoms with Crippen molar-refractivity contribution in [3.05, 3.63) is 42.5 Å². The molecule has 112 valence electrons. The third kappa shape index (κ3) is 6.72. The third-order valence-corrected chi connectivity index (χ3v) is 3.67. The van der Waals surface area contributed by atoms with Gasteiger partial charge in [0.1, 0.15) is 0 Å². The molecule has 0 aromatic heterocycles. The highest BCUT2D eigenvalue weighted by Crippen LogP contribution is 2.17. The van der Waals surface area contributed by atoms with Crippen molar-refractivity contribution in [1.29, 1.82) is 0 Å². The molecule has 0 aliphatic rings. The molecule has 1 aromatic carbocycles. The highest BCUT2D eigenvalue weighted by molar-refractivity contribution is 7.86. The Morgan fingerprint density at radius 1 is 1.10 bits per heavy atom. The van der Waals surface area contributed by atoms with Gasteiger partial charge in [-0.3, -0.25) is 4.18 Å². The number of benzene rings is 1. The average molecular weight is 308 g/mol. The standard InChI is InChI=1S/C13H15F3O3S/c14-13(15,16)10-6-1-2-7-11-19-20(17,18)12-8-4-3-5-9-12/h3-6,8-10H,1-2,7,11H2/b10-6+. The lowest BCUT2D eigenvalue weighted by Crippen LogP contribution is -2.07. The van der Waals surface area contributed by atoms with Gasteiger partial charge in [0.05, 0.1) is 11.5 Å². The topological polar surface area (TPSA) is 43.4 Å². The molecule has 0 bridgehead atoms. The highest BCUT2D eigenvalue weighted by Gasteiger charge is 2.21. The van der Waals surface area contributed by atoms with Gasteiger partial charge in [-0.15, -0.1) is 0 Å². The maximum atomic E-state index is 11.8. The van der Waals surface area contributed by atoms with Crippen molar-refractivity contribution in [2.45, 2.75) is 30.3 Å². The van der Waals surface area contributed by atoms with Gasteiger partial charge in [-0.05, 0) is 31.4 Å². The zero-order chi connectivity index (χ0) is 15.1. The van der Waals surface area contributed by atoms with Crippen LogP contribution in [0.2, 0.25) is 0 Å². The Hall–Kier alpha value is -1.34. The number of alkyl halides is 3. The minimum Gasteiger partial charge on any atom is -0.266 e. The van der Waals surface area contributed by atoms with E-state index in [1.165, 1.54) is 12.1 Å². The summed E-state index contributed by atoms with van der Waals surface area (Å²) in [7, 11) is -3.77. The number of hydrogen-bond acceptors (Lipinski definition) is 3. The van der Waals surface area contributed by atoms with E-state index in [0.717, 1.165) is 6.08 Å². The van der Waals surface area contributed by atoms with Crippen LogP contribution in [0.4, 0.5) is 13.2 Å². The SMILES string of the molecule is O=S(=O)(OCCCC/C=C/C(F)(F)F)c1ccccc1. The van der Waals surface area contributed by atoms with Gasteiger partial charge in [-0.25, -0.2) is 0 Å². The number of rotatable bonds is 7. The molecule has 0 saturated carbocycles. The van der Waals surface area contributed by atoms with Gasteiger partial charge in [-0.2, -0.15) is 21.6 Å². The first-order chi connectivity index (χ1) is 9.31. The predicted molar refractivity (Wildman–Crippen MR) is 68.6 cm³/mol. The van der Waals surface area contributed by atoms with E-state index in [2.05, 4.69) is 0 Å². The van der Waals surface area contributed by atoms with Crippen LogP contribution in [0.25, 0.3) is 0 Å². The smallest absolute Gasteiger partial charge is 0.266 e. The first kappa shape index (κ1) is 16.7. The maximum absolute atomic E-state index is 11.8. The van der Waals surface area contributed by atoms with Crippen LogP contribution in [-0.2, 0) is 14.3 Å². The van der Waals surface area contributed by atoms with Crippen LogP contribution in [0.1, 0.15) is 19.3 Å². The molecular formula is C13H15F3O3S. The van der Waals surface area contributed by atoms with E-state index < -0.39 is 16.3 Å². The molecule has 0 spiro atoms. The van der Waals surface area contributed by atoms with Crippen LogP contribution in [-0.4, -0.2) is 21.2 Å². The van der Waals surface area contributed by atoms with Gasteiger partial charge in [-0.1, -0.05) is 24.3 Å². The van der Waals surface area contributed by atoms with Gasteiger partial charge in [0, 0.05) is 6.08 Å². The van der Waals surface area contributed by atoms with Crippen LogP contribution >= 0.6 is 0 Å². The Kier molecular flexibility index (Phi) is 6.22. The molecule has 0 aliphatic carbocycles. The van der Waals surface area contributed by atoms with Crippen molar-refractivity contribution >= 4 is 10.1 Å². The highest BCUT2D eigenvalue weighted by atomic mass is 32.2. The lowest BCUT2D eigenvalue weighted by molar-refractivity contribution is -0.0800. The molecule has 0 heterocycles. The number of unbranched alkanes of at least 4 members (excludes halogenated alkanes) is 2. The summed E-state index contributed by atoms with van der Waals surface area (Å²) >= 11 is 0. The second kappa shape index (κ2) is 7.44. The fourth-order valence-corrected chi connectivity index (χ4v) is 2.37. The van der Waals surface area contributed by atoms with E-state index in [1.807, 2.05) is 0 Å². The van der Waals surface area contributed by atoms with Gasteiger partial charge < -0.3 is 0 Å². The maximum Gasteiger partial charge on any atom is 0.409 e. The number of allylic oxidation sites excluding steroid dienone is 2. The van der Waals surface area contributed by atoms with E-state index in [4.69, 9.17) is 4.18 Å². The Morgan fingerprint density at radius 2 is 1.75 bits per heavy atom.